The van der Waals surface area contributed by atoms with Crippen LogP contribution in [0.4, 0.5) is 0 Å². The molecular weight excluding hydrogens is 414 g/mol. The summed E-state index contributed by atoms with van der Waals surface area (Å²) in [4.78, 5) is 34.6. The number of likely N-dealkylation sites (tertiary alicyclic amines) is 1. The van der Waals surface area contributed by atoms with Crippen molar-refractivity contribution in [3.8, 4) is 0 Å². The fourth-order valence-electron chi connectivity index (χ4n) is 5.28. The van der Waals surface area contributed by atoms with Crippen molar-refractivity contribution in [2.45, 2.75) is 72.0 Å². The smallest absolute Gasteiger partial charge is 0.277 e. The molecule has 0 spiro atoms. The van der Waals surface area contributed by atoms with Crippen molar-refractivity contribution in [1.82, 2.24) is 24.4 Å². The molecule has 0 saturated carbocycles. The van der Waals surface area contributed by atoms with Crippen molar-refractivity contribution in [1.29, 1.82) is 0 Å². The lowest BCUT2D eigenvalue weighted by atomic mass is 9.98. The van der Waals surface area contributed by atoms with E-state index in [1.165, 1.54) is 29.5 Å². The summed E-state index contributed by atoms with van der Waals surface area (Å²) in [7, 11) is 0. The summed E-state index contributed by atoms with van der Waals surface area (Å²) in [6.45, 7) is 9.10. The molecule has 1 amide bonds. The van der Waals surface area contributed by atoms with Crippen LogP contribution < -0.4 is 5.56 Å². The van der Waals surface area contributed by atoms with Crippen molar-refractivity contribution in [3.05, 3.63) is 68.3 Å². The summed E-state index contributed by atoms with van der Waals surface area (Å²) in [5.41, 5.74) is 7.10. The van der Waals surface area contributed by atoms with E-state index in [1.54, 1.807) is 9.42 Å². The molecule has 1 aromatic carbocycles. The molecule has 1 N–H and O–H groups in total. The third-order valence-corrected chi connectivity index (χ3v) is 7.37. The topological polar surface area (TPSA) is 73.7 Å². The normalized spacial score (nSPS) is 19.1. The molecule has 2 aliphatic rings. The number of fused-ring (bicyclic) bond motifs is 2. The number of aryl methyl sites for hydroxylation is 2. The fourth-order valence-corrected chi connectivity index (χ4v) is 5.28. The zero-order chi connectivity index (χ0) is 23.1. The maximum atomic E-state index is 13.3. The van der Waals surface area contributed by atoms with Gasteiger partial charge >= 0.3 is 0 Å². The van der Waals surface area contributed by atoms with E-state index in [4.69, 9.17) is 4.98 Å². The van der Waals surface area contributed by atoms with Gasteiger partial charge in [0, 0.05) is 32.0 Å². The largest absolute Gasteiger partial charge is 0.338 e. The first kappa shape index (κ1) is 21.9. The van der Waals surface area contributed by atoms with Crippen LogP contribution >= 0.6 is 0 Å². The van der Waals surface area contributed by atoms with Crippen LogP contribution in [0.1, 0.15) is 72.3 Å². The van der Waals surface area contributed by atoms with E-state index in [2.05, 4.69) is 48.1 Å². The average molecular weight is 448 g/mol. The van der Waals surface area contributed by atoms with E-state index < -0.39 is 0 Å². The minimum Gasteiger partial charge on any atom is -0.338 e. The van der Waals surface area contributed by atoms with Gasteiger partial charge in [0.2, 0.25) is 5.91 Å². The number of carbonyl (C=O) groups excluding carboxylic acids is 1. The van der Waals surface area contributed by atoms with Gasteiger partial charge in [-0.15, -0.1) is 0 Å². The second-order valence-corrected chi connectivity index (χ2v) is 9.57. The van der Waals surface area contributed by atoms with Crippen molar-refractivity contribution < 1.29 is 4.79 Å². The number of amides is 1. The third-order valence-electron chi connectivity index (χ3n) is 7.37. The number of aromatic amines is 1. The Morgan fingerprint density at radius 3 is 2.79 bits per heavy atom. The van der Waals surface area contributed by atoms with E-state index in [9.17, 15) is 9.59 Å². The van der Waals surface area contributed by atoms with Crippen molar-refractivity contribution in [2.24, 2.45) is 0 Å². The highest BCUT2D eigenvalue weighted by Gasteiger charge is 2.28. The Morgan fingerprint density at radius 2 is 2.00 bits per heavy atom. The summed E-state index contributed by atoms with van der Waals surface area (Å²) in [6, 6.07) is 9.00. The Labute approximate surface area is 194 Å². The highest BCUT2D eigenvalue weighted by Crippen LogP contribution is 2.32. The van der Waals surface area contributed by atoms with Crippen molar-refractivity contribution >= 4 is 11.6 Å². The van der Waals surface area contributed by atoms with E-state index >= 15 is 0 Å². The monoisotopic (exact) mass is 447 g/mol. The summed E-state index contributed by atoms with van der Waals surface area (Å²) in [6.07, 6.45) is 4.52. The number of aromatic nitrogens is 3. The van der Waals surface area contributed by atoms with Gasteiger partial charge in [-0.3, -0.25) is 19.6 Å². The number of nitrogens with zero attached hydrogens (tertiary/aromatic N) is 4. The van der Waals surface area contributed by atoms with Crippen LogP contribution in [0.2, 0.25) is 0 Å². The summed E-state index contributed by atoms with van der Waals surface area (Å²) >= 11 is 0. The Hall–Kier alpha value is -2.93. The first-order chi connectivity index (χ1) is 15.9. The van der Waals surface area contributed by atoms with Crippen LogP contribution in [0.3, 0.4) is 0 Å². The molecule has 7 nitrogen and oxygen atoms in total. The third kappa shape index (κ3) is 4.10. The molecule has 0 bridgehead atoms. The lowest BCUT2D eigenvalue weighted by Crippen LogP contribution is -2.40. The molecule has 7 heteroatoms. The number of hydrogen-bond acceptors (Lipinski definition) is 4. The zero-order valence-electron chi connectivity index (χ0n) is 19.9. The van der Waals surface area contributed by atoms with Gasteiger partial charge in [0.25, 0.3) is 5.56 Å². The Morgan fingerprint density at radius 1 is 1.15 bits per heavy atom. The van der Waals surface area contributed by atoms with Gasteiger partial charge in [-0.1, -0.05) is 31.5 Å². The highest BCUT2D eigenvalue weighted by atomic mass is 16.2. The van der Waals surface area contributed by atoms with Gasteiger partial charge in [0.1, 0.15) is 0 Å². The first-order valence-corrected chi connectivity index (χ1v) is 12.2. The quantitative estimate of drug-likeness (QED) is 0.662. The standard InChI is InChI=1S/C26H33N5O2/c1-4-25(32)30-12-10-21-20(16-30)26(33)31-24(27-21)14-22(28-31)23-7-5-6-11-29(23)15-19-9-8-17(2)18(3)13-19/h8-9,13-14,23,28H,4-7,10-12,15-16H2,1-3H3. The molecule has 0 aliphatic carbocycles. The highest BCUT2D eigenvalue weighted by molar-refractivity contribution is 5.76. The van der Waals surface area contributed by atoms with Crippen molar-refractivity contribution in [2.75, 3.05) is 13.1 Å². The number of benzene rings is 1. The number of H-pyrrole nitrogens is 1. The molecule has 2 aliphatic heterocycles. The second kappa shape index (κ2) is 8.78. The number of carbonyl (C=O) groups is 1. The molecule has 1 atom stereocenters. The minimum absolute atomic E-state index is 0.0774. The lowest BCUT2D eigenvalue weighted by Gasteiger charge is -2.35. The molecule has 1 unspecified atom stereocenters. The molecule has 2 aromatic heterocycles. The molecule has 4 heterocycles. The molecular formula is C26H33N5O2. The molecule has 0 radical (unpaired) electrons. The van der Waals surface area contributed by atoms with E-state index in [1.807, 2.05) is 6.92 Å². The van der Waals surface area contributed by atoms with E-state index in [0.717, 1.165) is 30.9 Å². The van der Waals surface area contributed by atoms with E-state index in [0.29, 0.717) is 37.1 Å². The minimum atomic E-state index is -0.0774. The number of piperidine rings is 1. The Balaban J connectivity index is 1.46. The van der Waals surface area contributed by atoms with Crippen LogP contribution in [0.5, 0.6) is 0 Å². The molecule has 33 heavy (non-hydrogen) atoms. The van der Waals surface area contributed by atoms with Gasteiger partial charge in [-0.25, -0.2) is 9.50 Å². The predicted molar refractivity (Wildman–Crippen MR) is 128 cm³/mol. The predicted octanol–water partition coefficient (Wildman–Crippen LogP) is 3.66. The summed E-state index contributed by atoms with van der Waals surface area (Å²) < 4.78 is 1.58. The van der Waals surface area contributed by atoms with Gasteiger partial charge in [-0.05, 0) is 49.9 Å². The number of hydrogen-bond donors (Lipinski definition) is 1. The fraction of sp³-hybridized carbons (Fsp3) is 0.500. The molecule has 174 valence electrons. The molecule has 1 saturated heterocycles. The van der Waals surface area contributed by atoms with Crippen molar-refractivity contribution in [3.63, 3.8) is 0 Å². The molecule has 5 rings (SSSR count). The Kier molecular flexibility index (Phi) is 5.83. The maximum absolute atomic E-state index is 13.3. The Bertz CT molecular complexity index is 1260. The maximum Gasteiger partial charge on any atom is 0.277 e. The zero-order valence-corrected chi connectivity index (χ0v) is 19.9. The number of rotatable bonds is 4. The summed E-state index contributed by atoms with van der Waals surface area (Å²) in [5.74, 6) is 0.0847. The summed E-state index contributed by atoms with van der Waals surface area (Å²) in [5, 5.41) is 3.37. The lowest BCUT2D eigenvalue weighted by molar-refractivity contribution is -0.131. The van der Waals surface area contributed by atoms with Gasteiger partial charge in [-0.2, -0.15) is 0 Å². The SMILES string of the molecule is CCC(=O)N1CCc2nc3cc(C4CCCCN4Cc4ccc(C)c(C)c4)[nH]n3c(=O)c2C1. The average Bonchev–Trinajstić information content (AvgIpc) is 3.25. The van der Waals surface area contributed by atoms with Gasteiger partial charge < -0.3 is 4.90 Å². The van der Waals surface area contributed by atoms with Crippen LogP contribution in [0.25, 0.3) is 5.65 Å². The van der Waals surface area contributed by atoms with Crippen LogP contribution in [-0.2, 0) is 24.3 Å². The van der Waals surface area contributed by atoms with Crippen LogP contribution in [0.15, 0.2) is 29.1 Å². The van der Waals surface area contributed by atoms with Gasteiger partial charge in [0.15, 0.2) is 5.65 Å². The second-order valence-electron chi connectivity index (χ2n) is 9.57. The van der Waals surface area contributed by atoms with Crippen LogP contribution in [0, 0.1) is 13.8 Å². The number of nitrogens with one attached hydrogen (secondary N) is 1. The van der Waals surface area contributed by atoms with E-state index in [-0.39, 0.29) is 17.5 Å². The van der Waals surface area contributed by atoms with Gasteiger partial charge in [0.05, 0.1) is 29.5 Å². The van der Waals surface area contributed by atoms with Crippen LogP contribution in [-0.4, -0.2) is 43.4 Å². The first-order valence-electron chi connectivity index (χ1n) is 12.2. The molecule has 3 aromatic rings. The molecule has 1 fully saturated rings.